The summed E-state index contributed by atoms with van der Waals surface area (Å²) in [6.07, 6.45) is -0.0909. The molecule has 13 heteroatoms. The average Bonchev–Trinajstić information content (AvgIpc) is 2.89. The molecule has 5 amide bonds. The van der Waals surface area contributed by atoms with Crippen LogP contribution in [-0.2, 0) is 24.0 Å². The lowest BCUT2D eigenvalue weighted by Crippen LogP contribution is -2.50. The van der Waals surface area contributed by atoms with Gasteiger partial charge in [0.25, 0.3) is 5.91 Å². The highest BCUT2D eigenvalue weighted by Gasteiger charge is 2.27. The summed E-state index contributed by atoms with van der Waals surface area (Å²) in [5.41, 5.74) is 5.69. The van der Waals surface area contributed by atoms with Crippen molar-refractivity contribution in [1.29, 1.82) is 0 Å². The second-order valence-electron chi connectivity index (χ2n) is 10.6. The number of benzene rings is 1. The van der Waals surface area contributed by atoms with E-state index in [4.69, 9.17) is 5.73 Å². The van der Waals surface area contributed by atoms with Crippen LogP contribution in [0.1, 0.15) is 50.9 Å². The number of carbonyl (C=O) groups excluding carboxylic acids is 5. The first kappa shape index (κ1) is 35.0. The van der Waals surface area contributed by atoms with Crippen LogP contribution in [0.2, 0.25) is 0 Å². The second kappa shape index (κ2) is 17.6. The van der Waals surface area contributed by atoms with E-state index in [1.54, 1.807) is 30.3 Å². The van der Waals surface area contributed by atoms with E-state index in [1.165, 1.54) is 4.90 Å². The lowest BCUT2D eigenvalue weighted by Gasteiger charge is -2.30. The molecule has 5 N–H and O–H groups in total. The van der Waals surface area contributed by atoms with E-state index in [9.17, 15) is 39.0 Å². The highest BCUT2D eigenvalue weighted by molar-refractivity contribution is 5.97. The Balaban J connectivity index is 2.97. The number of carboxylic acids is 1. The van der Waals surface area contributed by atoms with Crippen molar-refractivity contribution in [3.8, 4) is 0 Å². The van der Waals surface area contributed by atoms with Gasteiger partial charge in [-0.05, 0) is 30.4 Å². The number of aliphatic hydroxyl groups excluding tert-OH is 1. The molecule has 1 aromatic carbocycles. The van der Waals surface area contributed by atoms with Crippen molar-refractivity contribution in [2.45, 2.75) is 46.6 Å². The molecule has 13 nitrogen and oxygen atoms in total. The standard InChI is InChI=1S/C28H43N5O8/c1-19(2)14-22(28(40)41)30-24(36)10-11-31(16-23(29)35)25(37)17-32(12-13-34)26(38)18-33(15-20(3)4)27(39)21-8-6-5-7-9-21/h5-9,19-20,22,34H,10-18H2,1-4H3,(H2,29,35)(H,30,36)(H,40,41)/t22-/m0/s1. The van der Waals surface area contributed by atoms with Gasteiger partial charge in [0.05, 0.1) is 19.7 Å². The van der Waals surface area contributed by atoms with E-state index < -0.39 is 55.3 Å². The highest BCUT2D eigenvalue weighted by Crippen LogP contribution is 2.10. The maximum absolute atomic E-state index is 13.2. The number of carboxylic acid groups (broad SMARTS) is 1. The lowest BCUT2D eigenvalue weighted by atomic mass is 10.0. The third-order valence-electron chi connectivity index (χ3n) is 5.92. The van der Waals surface area contributed by atoms with Gasteiger partial charge in [-0.2, -0.15) is 0 Å². The molecular formula is C28H43N5O8. The van der Waals surface area contributed by atoms with Gasteiger partial charge in [-0.25, -0.2) is 4.79 Å². The number of nitrogens with two attached hydrogens (primary N) is 1. The van der Waals surface area contributed by atoms with Gasteiger partial charge in [0.2, 0.25) is 23.6 Å². The van der Waals surface area contributed by atoms with Crippen molar-refractivity contribution in [3.63, 3.8) is 0 Å². The fourth-order valence-electron chi connectivity index (χ4n) is 4.04. The third kappa shape index (κ3) is 13.3. The highest BCUT2D eigenvalue weighted by atomic mass is 16.4. The van der Waals surface area contributed by atoms with Gasteiger partial charge in [0.15, 0.2) is 0 Å². The number of carbonyl (C=O) groups is 6. The molecule has 1 rings (SSSR count). The Labute approximate surface area is 240 Å². The number of hydrogen-bond donors (Lipinski definition) is 4. The third-order valence-corrected chi connectivity index (χ3v) is 5.92. The Morgan fingerprint density at radius 3 is 1.88 bits per heavy atom. The topological polar surface area (TPSA) is 191 Å². The van der Waals surface area contributed by atoms with E-state index in [1.807, 2.05) is 27.7 Å². The van der Waals surface area contributed by atoms with Gasteiger partial charge in [-0.15, -0.1) is 0 Å². The van der Waals surface area contributed by atoms with Crippen LogP contribution in [0.25, 0.3) is 0 Å². The number of primary amides is 1. The number of aliphatic carboxylic acids is 1. The number of nitrogens with zero attached hydrogens (tertiary/aromatic N) is 3. The average molecular weight is 578 g/mol. The Morgan fingerprint density at radius 2 is 1.39 bits per heavy atom. The van der Waals surface area contributed by atoms with E-state index >= 15 is 0 Å². The molecule has 0 spiro atoms. The summed E-state index contributed by atoms with van der Waals surface area (Å²) in [5, 5.41) is 21.3. The zero-order valence-electron chi connectivity index (χ0n) is 24.2. The Kier molecular flexibility index (Phi) is 15.1. The van der Waals surface area contributed by atoms with Crippen molar-refractivity contribution < 1.29 is 39.0 Å². The van der Waals surface area contributed by atoms with E-state index in [2.05, 4.69) is 5.32 Å². The molecule has 0 fully saturated rings. The minimum atomic E-state index is -1.19. The molecule has 0 saturated heterocycles. The fraction of sp³-hybridized carbons (Fsp3) is 0.571. The lowest BCUT2D eigenvalue weighted by molar-refractivity contribution is -0.143. The molecule has 0 aliphatic carbocycles. The maximum atomic E-state index is 13.2. The van der Waals surface area contributed by atoms with Crippen LogP contribution < -0.4 is 11.1 Å². The predicted octanol–water partition coefficient (Wildman–Crippen LogP) is -0.0748. The first-order valence-electron chi connectivity index (χ1n) is 13.6. The molecule has 0 aliphatic rings. The summed E-state index contributed by atoms with van der Waals surface area (Å²) in [5.74, 6) is -4.27. The SMILES string of the molecule is CC(C)C[C@H](NC(=O)CCN(CC(N)=O)C(=O)CN(CCO)C(=O)CN(CC(C)C)C(=O)c1ccccc1)C(=O)O. The minimum absolute atomic E-state index is 0.0128. The number of hydrogen-bond acceptors (Lipinski definition) is 7. The second-order valence-corrected chi connectivity index (χ2v) is 10.6. The molecule has 0 saturated carbocycles. The summed E-state index contributed by atoms with van der Waals surface area (Å²) in [7, 11) is 0. The largest absolute Gasteiger partial charge is 0.480 e. The van der Waals surface area contributed by atoms with Crippen LogP contribution in [0.15, 0.2) is 30.3 Å². The van der Waals surface area contributed by atoms with E-state index in [-0.39, 0.29) is 56.8 Å². The van der Waals surface area contributed by atoms with Gasteiger partial charge >= 0.3 is 5.97 Å². The zero-order chi connectivity index (χ0) is 31.1. The van der Waals surface area contributed by atoms with Crippen molar-refractivity contribution in [3.05, 3.63) is 35.9 Å². The smallest absolute Gasteiger partial charge is 0.326 e. The summed E-state index contributed by atoms with van der Waals surface area (Å²) in [4.78, 5) is 78.3. The minimum Gasteiger partial charge on any atom is -0.480 e. The number of nitrogens with one attached hydrogen (secondary N) is 1. The Morgan fingerprint density at radius 1 is 0.829 bits per heavy atom. The van der Waals surface area contributed by atoms with Gasteiger partial charge in [-0.3, -0.25) is 24.0 Å². The molecule has 1 aromatic rings. The number of amides is 5. The zero-order valence-corrected chi connectivity index (χ0v) is 24.2. The quantitative estimate of drug-likeness (QED) is 0.186. The van der Waals surface area contributed by atoms with Crippen molar-refractivity contribution >= 4 is 35.5 Å². The van der Waals surface area contributed by atoms with Crippen LogP contribution in [0.5, 0.6) is 0 Å². The normalized spacial score (nSPS) is 11.6. The molecule has 0 bridgehead atoms. The van der Waals surface area contributed by atoms with Crippen LogP contribution in [0.4, 0.5) is 0 Å². The summed E-state index contributed by atoms with van der Waals surface area (Å²) in [6.45, 7) is 5.36. The van der Waals surface area contributed by atoms with Gasteiger partial charge in [0, 0.05) is 31.6 Å². The van der Waals surface area contributed by atoms with Gasteiger partial charge in [0.1, 0.15) is 12.6 Å². The summed E-state index contributed by atoms with van der Waals surface area (Å²) < 4.78 is 0. The molecule has 0 aromatic heterocycles. The van der Waals surface area contributed by atoms with Crippen molar-refractivity contribution in [2.24, 2.45) is 17.6 Å². The van der Waals surface area contributed by atoms with Crippen LogP contribution in [0, 0.1) is 11.8 Å². The first-order valence-corrected chi connectivity index (χ1v) is 13.6. The molecule has 228 valence electrons. The molecule has 41 heavy (non-hydrogen) atoms. The molecule has 0 aliphatic heterocycles. The Bertz CT molecular complexity index is 1050. The van der Waals surface area contributed by atoms with Crippen LogP contribution in [0.3, 0.4) is 0 Å². The van der Waals surface area contributed by atoms with Crippen LogP contribution >= 0.6 is 0 Å². The monoisotopic (exact) mass is 577 g/mol. The van der Waals surface area contributed by atoms with E-state index in [0.29, 0.717) is 5.56 Å². The molecular weight excluding hydrogens is 534 g/mol. The molecule has 0 radical (unpaired) electrons. The summed E-state index contributed by atoms with van der Waals surface area (Å²) >= 11 is 0. The van der Waals surface area contributed by atoms with Crippen molar-refractivity contribution in [2.75, 3.05) is 45.9 Å². The Hall–Kier alpha value is -4.00. The predicted molar refractivity (Wildman–Crippen MR) is 150 cm³/mol. The molecule has 0 heterocycles. The molecule has 1 atom stereocenters. The van der Waals surface area contributed by atoms with Gasteiger partial charge < -0.3 is 36.0 Å². The molecule has 0 unspecified atom stereocenters. The maximum Gasteiger partial charge on any atom is 0.326 e. The number of aliphatic hydroxyl groups is 1. The van der Waals surface area contributed by atoms with Crippen LogP contribution in [-0.4, -0.2) is 112 Å². The van der Waals surface area contributed by atoms with Gasteiger partial charge in [-0.1, -0.05) is 45.9 Å². The summed E-state index contributed by atoms with van der Waals surface area (Å²) in [6, 6.07) is 7.34. The first-order chi connectivity index (χ1) is 19.2. The van der Waals surface area contributed by atoms with E-state index in [0.717, 1.165) is 9.80 Å². The number of rotatable bonds is 18. The fourth-order valence-corrected chi connectivity index (χ4v) is 4.04. The van der Waals surface area contributed by atoms with Crippen molar-refractivity contribution in [1.82, 2.24) is 20.0 Å².